The maximum absolute atomic E-state index is 3.38. The molecular formula is C24H18N2Pt+2. The van der Waals surface area contributed by atoms with Crippen LogP contribution in [0.25, 0.3) is 43.6 Å². The Labute approximate surface area is 171 Å². The van der Waals surface area contributed by atoms with Crippen LogP contribution in [0.1, 0.15) is 0 Å². The summed E-state index contributed by atoms with van der Waals surface area (Å²) < 4.78 is 0. The van der Waals surface area contributed by atoms with Gasteiger partial charge in [0.25, 0.3) is 0 Å². The predicted octanol–water partition coefficient (Wildman–Crippen LogP) is 6.64. The molecule has 0 bridgehead atoms. The molecular weight excluding hydrogens is 511 g/mol. The van der Waals surface area contributed by atoms with Crippen molar-refractivity contribution in [1.29, 1.82) is 0 Å². The average Bonchev–Trinajstić information content (AvgIpc) is 3.27. The van der Waals surface area contributed by atoms with Crippen molar-refractivity contribution in [2.45, 2.75) is 0 Å². The summed E-state index contributed by atoms with van der Waals surface area (Å²) in [7, 11) is 0. The minimum atomic E-state index is 0. The number of rotatable bonds is 0. The average molecular weight is 530 g/mol. The number of nitrogens with one attached hydrogen (secondary N) is 2. The van der Waals surface area contributed by atoms with Crippen LogP contribution in [0.3, 0.4) is 0 Å². The molecule has 0 fully saturated rings. The van der Waals surface area contributed by atoms with E-state index in [2.05, 4.69) is 107 Å². The molecule has 0 unspecified atom stereocenters. The molecule has 0 aliphatic heterocycles. The van der Waals surface area contributed by atoms with Crippen LogP contribution in [0, 0.1) is 0 Å². The summed E-state index contributed by atoms with van der Waals surface area (Å²) in [6.07, 6.45) is 0. The van der Waals surface area contributed by atoms with E-state index in [1.54, 1.807) is 0 Å². The summed E-state index contributed by atoms with van der Waals surface area (Å²) in [4.78, 5) is 6.76. The van der Waals surface area contributed by atoms with Gasteiger partial charge in [-0.05, 0) is 24.3 Å². The fourth-order valence-electron chi connectivity index (χ4n) is 3.60. The molecule has 3 heteroatoms. The molecule has 2 nitrogen and oxygen atoms in total. The van der Waals surface area contributed by atoms with Crippen LogP contribution < -0.4 is 0 Å². The van der Waals surface area contributed by atoms with Crippen molar-refractivity contribution < 1.29 is 21.1 Å². The van der Waals surface area contributed by atoms with Crippen molar-refractivity contribution in [2.24, 2.45) is 0 Å². The Morgan fingerprint density at radius 3 is 0.815 bits per heavy atom. The second-order valence-electron chi connectivity index (χ2n) is 6.43. The predicted molar refractivity (Wildman–Crippen MR) is 112 cm³/mol. The van der Waals surface area contributed by atoms with Crippen molar-refractivity contribution in [3.63, 3.8) is 0 Å². The van der Waals surface area contributed by atoms with E-state index in [0.717, 1.165) is 0 Å². The van der Waals surface area contributed by atoms with E-state index < -0.39 is 0 Å². The van der Waals surface area contributed by atoms with Gasteiger partial charge in [-0.25, -0.2) is 0 Å². The van der Waals surface area contributed by atoms with E-state index in [4.69, 9.17) is 0 Å². The smallest absolute Gasteiger partial charge is 0.355 e. The first-order valence-electron chi connectivity index (χ1n) is 8.81. The van der Waals surface area contributed by atoms with Crippen LogP contribution in [0.15, 0.2) is 97.1 Å². The third-order valence-electron chi connectivity index (χ3n) is 4.83. The van der Waals surface area contributed by atoms with E-state index in [-0.39, 0.29) is 21.1 Å². The zero-order valence-electron chi connectivity index (χ0n) is 14.6. The number of aromatic nitrogens is 2. The van der Waals surface area contributed by atoms with E-state index in [0.29, 0.717) is 0 Å². The normalized spacial score (nSPS) is 10.7. The maximum Gasteiger partial charge on any atom is 2.00 e. The van der Waals surface area contributed by atoms with Gasteiger partial charge in [0, 0.05) is 43.6 Å². The summed E-state index contributed by atoms with van der Waals surface area (Å²) in [5.41, 5.74) is 4.85. The minimum absolute atomic E-state index is 0. The fourth-order valence-corrected chi connectivity index (χ4v) is 3.60. The molecule has 6 rings (SSSR count). The Morgan fingerprint density at radius 1 is 0.333 bits per heavy atom. The first-order chi connectivity index (χ1) is 12.9. The van der Waals surface area contributed by atoms with Crippen LogP contribution in [-0.2, 0) is 21.1 Å². The second-order valence-corrected chi connectivity index (χ2v) is 6.43. The molecule has 0 radical (unpaired) electrons. The van der Waals surface area contributed by atoms with Crippen LogP contribution in [-0.4, -0.2) is 9.97 Å². The summed E-state index contributed by atoms with van der Waals surface area (Å²) in [5.74, 6) is 0. The Balaban J connectivity index is 0.000000129. The van der Waals surface area contributed by atoms with Crippen LogP contribution in [0.5, 0.6) is 0 Å². The third-order valence-corrected chi connectivity index (χ3v) is 4.83. The van der Waals surface area contributed by atoms with Gasteiger partial charge in [0.15, 0.2) is 0 Å². The molecule has 0 aliphatic carbocycles. The topological polar surface area (TPSA) is 31.6 Å². The van der Waals surface area contributed by atoms with Gasteiger partial charge in [0.05, 0.1) is 0 Å². The number of aromatic amines is 2. The van der Waals surface area contributed by atoms with Gasteiger partial charge >= 0.3 is 21.1 Å². The van der Waals surface area contributed by atoms with Gasteiger partial charge in [0.1, 0.15) is 0 Å². The van der Waals surface area contributed by atoms with Crippen molar-refractivity contribution in [3.8, 4) is 0 Å². The van der Waals surface area contributed by atoms with Gasteiger partial charge in [-0.15, -0.1) is 0 Å². The molecule has 0 aliphatic rings. The summed E-state index contributed by atoms with van der Waals surface area (Å²) >= 11 is 0. The number of hydrogen-bond donors (Lipinski definition) is 2. The van der Waals surface area contributed by atoms with Crippen molar-refractivity contribution in [2.75, 3.05) is 0 Å². The number of fused-ring (bicyclic) bond motifs is 6. The molecule has 2 heterocycles. The Hall–Kier alpha value is -2.83. The maximum atomic E-state index is 3.38. The number of hydrogen-bond acceptors (Lipinski definition) is 0. The molecule has 132 valence electrons. The number of para-hydroxylation sites is 4. The molecule has 2 N–H and O–H groups in total. The van der Waals surface area contributed by atoms with E-state index in [1.807, 2.05) is 0 Å². The SMILES string of the molecule is [Pt+2].c1ccc2c(c1)[nH]c1ccccc12.c1ccc2c(c1)[nH]c1ccccc12. The van der Waals surface area contributed by atoms with E-state index >= 15 is 0 Å². The van der Waals surface area contributed by atoms with Gasteiger partial charge < -0.3 is 9.97 Å². The fraction of sp³-hybridized carbons (Fsp3) is 0. The monoisotopic (exact) mass is 529 g/mol. The standard InChI is InChI=1S/2C12H9N.Pt/c2*1-3-7-11-9(5-1)10-6-2-4-8-12(10)13-11;/h2*1-8,13H;/q;;+2. The molecule has 0 saturated heterocycles. The van der Waals surface area contributed by atoms with Crippen molar-refractivity contribution in [3.05, 3.63) is 97.1 Å². The molecule has 6 aromatic rings. The summed E-state index contributed by atoms with van der Waals surface area (Å²) in [6, 6.07) is 33.5. The molecule has 0 amide bonds. The van der Waals surface area contributed by atoms with Crippen LogP contribution in [0.4, 0.5) is 0 Å². The first kappa shape index (κ1) is 17.6. The van der Waals surface area contributed by atoms with Crippen molar-refractivity contribution in [1.82, 2.24) is 9.97 Å². The molecule has 4 aromatic carbocycles. The largest absolute Gasteiger partial charge is 2.00 e. The molecule has 2 aromatic heterocycles. The van der Waals surface area contributed by atoms with Crippen LogP contribution in [0.2, 0.25) is 0 Å². The first-order valence-corrected chi connectivity index (χ1v) is 8.81. The third kappa shape index (κ3) is 3.18. The number of benzene rings is 4. The molecule has 0 saturated carbocycles. The second kappa shape index (κ2) is 7.42. The molecule has 27 heavy (non-hydrogen) atoms. The Bertz CT molecular complexity index is 1140. The van der Waals surface area contributed by atoms with Crippen LogP contribution >= 0.6 is 0 Å². The Kier molecular flexibility index (Phi) is 4.83. The van der Waals surface area contributed by atoms with E-state index in [1.165, 1.54) is 43.6 Å². The van der Waals surface area contributed by atoms with Gasteiger partial charge in [-0.3, -0.25) is 0 Å². The van der Waals surface area contributed by atoms with Gasteiger partial charge in [0.2, 0.25) is 0 Å². The van der Waals surface area contributed by atoms with Gasteiger partial charge in [-0.1, -0.05) is 72.8 Å². The zero-order valence-corrected chi connectivity index (χ0v) is 16.8. The zero-order chi connectivity index (χ0) is 17.3. The molecule has 0 spiro atoms. The summed E-state index contributed by atoms with van der Waals surface area (Å²) in [5, 5.41) is 5.22. The number of H-pyrrole nitrogens is 2. The van der Waals surface area contributed by atoms with Crippen molar-refractivity contribution >= 4 is 43.6 Å². The Morgan fingerprint density at radius 2 is 0.556 bits per heavy atom. The molecule has 0 atom stereocenters. The van der Waals surface area contributed by atoms with E-state index in [9.17, 15) is 0 Å². The quantitative estimate of drug-likeness (QED) is 0.221. The minimum Gasteiger partial charge on any atom is -0.355 e. The summed E-state index contributed by atoms with van der Waals surface area (Å²) in [6.45, 7) is 0. The van der Waals surface area contributed by atoms with Gasteiger partial charge in [-0.2, -0.15) is 0 Å².